The van der Waals surface area contributed by atoms with Crippen molar-refractivity contribution >= 4 is 16.0 Å². The number of amides is 1. The molecule has 0 fully saturated rings. The second-order valence-electron chi connectivity index (χ2n) is 6.81. The molecule has 152 valence electrons. The number of aryl methyl sites for hydroxylation is 1. The van der Waals surface area contributed by atoms with Gasteiger partial charge < -0.3 is 9.08 Å². The third-order valence-corrected chi connectivity index (χ3v) is 6.00. The Balaban J connectivity index is 2.18. The van der Waals surface area contributed by atoms with E-state index >= 15 is 0 Å². The van der Waals surface area contributed by atoms with Crippen LogP contribution in [0, 0.1) is 0 Å². The molecular weight excluding hydrogens is 374 g/mol. The molecule has 2 rings (SSSR count). The monoisotopic (exact) mass is 403 g/mol. The summed E-state index contributed by atoms with van der Waals surface area (Å²) in [5, 5.41) is 0. The SMILES string of the molecule is CCc1ccc(C(=O)N(Cc2ccc(OS(=O)(=O)CC)cc2)C(C)CC)cc1. The van der Waals surface area contributed by atoms with Gasteiger partial charge in [0.05, 0.1) is 5.75 Å². The maximum Gasteiger partial charge on any atom is 0.308 e. The van der Waals surface area contributed by atoms with Crippen LogP contribution in [0.4, 0.5) is 0 Å². The van der Waals surface area contributed by atoms with Gasteiger partial charge in [-0.2, -0.15) is 8.42 Å². The number of rotatable bonds is 9. The molecule has 0 saturated heterocycles. The van der Waals surface area contributed by atoms with E-state index in [2.05, 4.69) is 13.8 Å². The van der Waals surface area contributed by atoms with Crippen LogP contribution in [0.2, 0.25) is 0 Å². The molecule has 0 aliphatic heterocycles. The highest BCUT2D eigenvalue weighted by atomic mass is 32.2. The Morgan fingerprint density at radius 3 is 2.04 bits per heavy atom. The van der Waals surface area contributed by atoms with Crippen molar-refractivity contribution in [2.45, 2.75) is 53.1 Å². The molecule has 5 nitrogen and oxygen atoms in total. The first-order chi connectivity index (χ1) is 13.3. The molecular formula is C22H29NO4S. The van der Waals surface area contributed by atoms with Crippen LogP contribution in [-0.2, 0) is 23.1 Å². The molecule has 0 aromatic heterocycles. The standard InChI is InChI=1S/C22H29NO4S/c1-5-17(4)23(22(24)20-12-8-18(6-2)9-13-20)16-19-10-14-21(15-11-19)27-28(25,26)7-3/h8-15,17H,5-7,16H2,1-4H3. The lowest BCUT2D eigenvalue weighted by atomic mass is 10.1. The zero-order valence-corrected chi connectivity index (χ0v) is 17.8. The van der Waals surface area contributed by atoms with E-state index in [0.29, 0.717) is 12.1 Å². The fraction of sp³-hybridized carbons (Fsp3) is 0.409. The summed E-state index contributed by atoms with van der Waals surface area (Å²) in [4.78, 5) is 14.9. The van der Waals surface area contributed by atoms with Crippen LogP contribution >= 0.6 is 0 Å². The van der Waals surface area contributed by atoms with Gasteiger partial charge in [0.1, 0.15) is 5.75 Å². The summed E-state index contributed by atoms with van der Waals surface area (Å²) in [6.45, 7) is 8.15. The summed E-state index contributed by atoms with van der Waals surface area (Å²) in [5.41, 5.74) is 2.79. The molecule has 0 saturated carbocycles. The molecule has 0 N–H and O–H groups in total. The van der Waals surface area contributed by atoms with Gasteiger partial charge in [0.2, 0.25) is 0 Å². The summed E-state index contributed by atoms with van der Waals surface area (Å²) in [6, 6.07) is 14.6. The van der Waals surface area contributed by atoms with E-state index in [0.717, 1.165) is 18.4 Å². The first-order valence-electron chi connectivity index (χ1n) is 9.70. The second kappa shape index (κ2) is 9.73. The highest BCUT2D eigenvalue weighted by molar-refractivity contribution is 7.87. The number of nitrogens with zero attached hydrogens (tertiary/aromatic N) is 1. The average Bonchev–Trinajstić information content (AvgIpc) is 2.72. The maximum absolute atomic E-state index is 13.1. The van der Waals surface area contributed by atoms with Crippen molar-refractivity contribution in [3.05, 3.63) is 65.2 Å². The van der Waals surface area contributed by atoms with E-state index in [4.69, 9.17) is 4.18 Å². The summed E-state index contributed by atoms with van der Waals surface area (Å²) in [6.07, 6.45) is 1.78. The molecule has 1 amide bonds. The molecule has 0 aliphatic carbocycles. The Labute approximate surface area is 168 Å². The minimum atomic E-state index is -3.55. The summed E-state index contributed by atoms with van der Waals surface area (Å²) >= 11 is 0. The number of hydrogen-bond donors (Lipinski definition) is 0. The van der Waals surface area contributed by atoms with Crippen LogP contribution in [0.25, 0.3) is 0 Å². The maximum atomic E-state index is 13.1. The molecule has 1 atom stereocenters. The van der Waals surface area contributed by atoms with Gasteiger partial charge >= 0.3 is 10.1 Å². The van der Waals surface area contributed by atoms with E-state index in [1.54, 1.807) is 24.3 Å². The minimum Gasteiger partial charge on any atom is -0.382 e. The molecule has 0 heterocycles. The molecule has 0 aliphatic rings. The Kier molecular flexibility index (Phi) is 7.63. The van der Waals surface area contributed by atoms with Crippen molar-refractivity contribution in [1.29, 1.82) is 0 Å². The van der Waals surface area contributed by atoms with Crippen LogP contribution in [0.3, 0.4) is 0 Å². The average molecular weight is 404 g/mol. The Morgan fingerprint density at radius 2 is 1.54 bits per heavy atom. The van der Waals surface area contributed by atoms with E-state index < -0.39 is 10.1 Å². The molecule has 0 radical (unpaired) electrons. The van der Waals surface area contributed by atoms with Crippen LogP contribution in [0.1, 0.15) is 55.6 Å². The first kappa shape index (κ1) is 22.0. The largest absolute Gasteiger partial charge is 0.382 e. The Hall–Kier alpha value is -2.34. The van der Waals surface area contributed by atoms with Gasteiger partial charge in [-0.25, -0.2) is 0 Å². The quantitative estimate of drug-likeness (QED) is 0.582. The molecule has 28 heavy (non-hydrogen) atoms. The van der Waals surface area contributed by atoms with Crippen LogP contribution in [0.5, 0.6) is 5.75 Å². The lowest BCUT2D eigenvalue weighted by molar-refractivity contribution is 0.0671. The molecule has 0 spiro atoms. The topological polar surface area (TPSA) is 63.7 Å². The Bertz CT molecular complexity index is 874. The lowest BCUT2D eigenvalue weighted by Gasteiger charge is -2.29. The highest BCUT2D eigenvalue weighted by Gasteiger charge is 2.21. The van der Waals surface area contributed by atoms with Crippen molar-refractivity contribution in [1.82, 2.24) is 4.90 Å². The third kappa shape index (κ3) is 5.83. The Morgan fingerprint density at radius 1 is 0.964 bits per heavy atom. The first-order valence-corrected chi connectivity index (χ1v) is 11.3. The minimum absolute atomic E-state index is 0.00843. The van der Waals surface area contributed by atoms with Gasteiger partial charge in [-0.15, -0.1) is 0 Å². The second-order valence-corrected chi connectivity index (χ2v) is 8.67. The van der Waals surface area contributed by atoms with Gasteiger partial charge in [-0.3, -0.25) is 4.79 Å². The van der Waals surface area contributed by atoms with Crippen molar-refractivity contribution in [2.24, 2.45) is 0 Å². The molecule has 2 aromatic rings. The number of carbonyl (C=O) groups is 1. The predicted octanol–water partition coefficient (Wildman–Crippen LogP) is 4.42. The van der Waals surface area contributed by atoms with E-state index in [9.17, 15) is 13.2 Å². The zero-order chi connectivity index (χ0) is 20.7. The van der Waals surface area contributed by atoms with Crippen molar-refractivity contribution in [2.75, 3.05) is 5.75 Å². The lowest BCUT2D eigenvalue weighted by Crippen LogP contribution is -2.37. The molecule has 1 unspecified atom stereocenters. The predicted molar refractivity (Wildman–Crippen MR) is 112 cm³/mol. The van der Waals surface area contributed by atoms with Gasteiger partial charge in [-0.05, 0) is 62.1 Å². The van der Waals surface area contributed by atoms with Gasteiger partial charge in [0, 0.05) is 18.2 Å². The fourth-order valence-electron chi connectivity index (χ4n) is 2.75. The van der Waals surface area contributed by atoms with Crippen LogP contribution in [0.15, 0.2) is 48.5 Å². The smallest absolute Gasteiger partial charge is 0.308 e. The zero-order valence-electron chi connectivity index (χ0n) is 17.0. The fourth-order valence-corrected chi connectivity index (χ4v) is 3.27. The summed E-state index contributed by atoms with van der Waals surface area (Å²) in [7, 11) is -3.55. The molecule has 6 heteroatoms. The molecule has 2 aromatic carbocycles. The third-order valence-electron chi connectivity index (χ3n) is 4.85. The normalized spacial score (nSPS) is 12.4. The number of hydrogen-bond acceptors (Lipinski definition) is 4. The molecule has 0 bridgehead atoms. The van der Waals surface area contributed by atoms with Crippen molar-refractivity contribution in [3.63, 3.8) is 0 Å². The summed E-state index contributed by atoms with van der Waals surface area (Å²) in [5.74, 6) is 0.190. The van der Waals surface area contributed by atoms with Crippen molar-refractivity contribution in [3.8, 4) is 5.75 Å². The van der Waals surface area contributed by atoms with Crippen LogP contribution in [-0.4, -0.2) is 31.0 Å². The van der Waals surface area contributed by atoms with Gasteiger partial charge in [0.15, 0.2) is 0 Å². The van der Waals surface area contributed by atoms with Crippen LogP contribution < -0.4 is 4.18 Å². The van der Waals surface area contributed by atoms with E-state index in [1.807, 2.05) is 36.1 Å². The van der Waals surface area contributed by atoms with E-state index in [-0.39, 0.29) is 23.5 Å². The number of benzene rings is 2. The number of carbonyl (C=O) groups excluding carboxylic acids is 1. The van der Waals surface area contributed by atoms with Gasteiger partial charge in [-0.1, -0.05) is 38.1 Å². The summed E-state index contributed by atoms with van der Waals surface area (Å²) < 4.78 is 28.2. The van der Waals surface area contributed by atoms with Crippen molar-refractivity contribution < 1.29 is 17.4 Å². The van der Waals surface area contributed by atoms with Gasteiger partial charge in [0.25, 0.3) is 5.91 Å². The highest BCUT2D eigenvalue weighted by Crippen LogP contribution is 2.19. The van der Waals surface area contributed by atoms with E-state index in [1.165, 1.54) is 12.5 Å².